The summed E-state index contributed by atoms with van der Waals surface area (Å²) in [7, 11) is 0. The van der Waals surface area contributed by atoms with Crippen LogP contribution in [0.5, 0.6) is 0 Å². The highest BCUT2D eigenvalue weighted by Gasteiger charge is 2.16. The van der Waals surface area contributed by atoms with Crippen LogP contribution in [-0.4, -0.2) is 25.0 Å². The van der Waals surface area contributed by atoms with Gasteiger partial charge in [-0.3, -0.25) is 4.79 Å². The van der Waals surface area contributed by atoms with Gasteiger partial charge in [-0.15, -0.1) is 0 Å². The molecule has 2 N–H and O–H groups in total. The van der Waals surface area contributed by atoms with Crippen LogP contribution < -0.4 is 10.6 Å². The Morgan fingerprint density at radius 1 is 1.44 bits per heavy atom. The molecule has 3 heteroatoms. The van der Waals surface area contributed by atoms with E-state index in [1.54, 1.807) is 0 Å². The summed E-state index contributed by atoms with van der Waals surface area (Å²) >= 11 is 0. The Hall–Kier alpha value is -1.35. The van der Waals surface area contributed by atoms with Gasteiger partial charge in [-0.25, -0.2) is 0 Å². The maximum Gasteiger partial charge on any atom is 0.221 e. The van der Waals surface area contributed by atoms with Crippen molar-refractivity contribution in [3.05, 3.63) is 35.4 Å². The van der Waals surface area contributed by atoms with E-state index in [0.717, 1.165) is 32.4 Å². The van der Waals surface area contributed by atoms with Gasteiger partial charge in [0.25, 0.3) is 0 Å². The highest BCUT2D eigenvalue weighted by atomic mass is 16.1. The molecule has 3 nitrogen and oxygen atoms in total. The van der Waals surface area contributed by atoms with Crippen molar-refractivity contribution in [3.63, 3.8) is 0 Å². The summed E-state index contributed by atoms with van der Waals surface area (Å²) < 4.78 is 0. The van der Waals surface area contributed by atoms with E-state index in [0.29, 0.717) is 12.5 Å². The third-order valence-corrected chi connectivity index (χ3v) is 3.41. The minimum Gasteiger partial charge on any atom is -0.356 e. The molecule has 1 aliphatic rings. The predicted molar refractivity (Wildman–Crippen MR) is 73.5 cm³/mol. The zero-order chi connectivity index (χ0) is 12.8. The van der Waals surface area contributed by atoms with Crippen LogP contribution in [0.4, 0.5) is 0 Å². The summed E-state index contributed by atoms with van der Waals surface area (Å²) in [4.78, 5) is 11.4. The van der Waals surface area contributed by atoms with E-state index in [4.69, 9.17) is 0 Å². The molecular formula is C15H22N2O. The number of benzene rings is 1. The number of amides is 1. The normalized spacial score (nSPS) is 20.3. The molecule has 1 atom stereocenters. The van der Waals surface area contributed by atoms with Gasteiger partial charge in [-0.1, -0.05) is 29.8 Å². The zero-order valence-electron chi connectivity index (χ0n) is 11.0. The number of hydrogen-bond acceptors (Lipinski definition) is 2. The fourth-order valence-electron chi connectivity index (χ4n) is 2.44. The third kappa shape index (κ3) is 4.15. The van der Waals surface area contributed by atoms with Crippen molar-refractivity contribution in [2.75, 3.05) is 13.1 Å². The summed E-state index contributed by atoms with van der Waals surface area (Å²) in [5.74, 6) is 0.181. The largest absolute Gasteiger partial charge is 0.356 e. The average molecular weight is 246 g/mol. The molecule has 2 rings (SSSR count). The molecule has 1 saturated heterocycles. The van der Waals surface area contributed by atoms with Crippen molar-refractivity contribution in [2.45, 2.75) is 38.6 Å². The second kappa shape index (κ2) is 6.55. The smallest absolute Gasteiger partial charge is 0.221 e. The maximum atomic E-state index is 11.4. The van der Waals surface area contributed by atoms with E-state index in [1.807, 2.05) is 0 Å². The van der Waals surface area contributed by atoms with Gasteiger partial charge in [0.2, 0.25) is 5.91 Å². The van der Waals surface area contributed by atoms with Gasteiger partial charge in [0.1, 0.15) is 0 Å². The van der Waals surface area contributed by atoms with Crippen LogP contribution in [0.1, 0.15) is 30.4 Å². The number of rotatable bonds is 4. The molecule has 0 aromatic heterocycles. The Morgan fingerprint density at radius 2 is 2.33 bits per heavy atom. The number of hydrogen-bond donors (Lipinski definition) is 2. The lowest BCUT2D eigenvalue weighted by Crippen LogP contribution is -2.33. The van der Waals surface area contributed by atoms with Gasteiger partial charge in [0, 0.05) is 19.0 Å². The Balaban J connectivity index is 1.76. The maximum absolute atomic E-state index is 11.4. The van der Waals surface area contributed by atoms with Crippen molar-refractivity contribution < 1.29 is 4.79 Å². The lowest BCUT2D eigenvalue weighted by Gasteiger charge is -2.15. The van der Waals surface area contributed by atoms with Crippen LogP contribution >= 0.6 is 0 Å². The topological polar surface area (TPSA) is 41.1 Å². The van der Waals surface area contributed by atoms with Crippen LogP contribution in [0.15, 0.2) is 24.3 Å². The summed E-state index contributed by atoms with van der Waals surface area (Å²) in [6.07, 6.45) is 3.81. The molecule has 1 aromatic rings. The molecule has 0 spiro atoms. The number of carbonyl (C=O) groups excluding carboxylic acids is 1. The average Bonchev–Trinajstić information content (AvgIpc) is 2.54. The SMILES string of the molecule is Cc1cccc(CCNC2CCCNC(=O)C2)c1. The van der Waals surface area contributed by atoms with Crippen molar-refractivity contribution in [1.29, 1.82) is 0 Å². The van der Waals surface area contributed by atoms with Gasteiger partial charge < -0.3 is 10.6 Å². The first-order valence-electron chi connectivity index (χ1n) is 6.79. The highest BCUT2D eigenvalue weighted by molar-refractivity contribution is 5.76. The molecule has 0 saturated carbocycles. The highest BCUT2D eigenvalue weighted by Crippen LogP contribution is 2.07. The van der Waals surface area contributed by atoms with E-state index in [9.17, 15) is 4.79 Å². The molecule has 0 aliphatic carbocycles. The second-order valence-corrected chi connectivity index (χ2v) is 5.09. The van der Waals surface area contributed by atoms with Crippen LogP contribution in [0.2, 0.25) is 0 Å². The Morgan fingerprint density at radius 3 is 3.17 bits per heavy atom. The van der Waals surface area contributed by atoms with E-state index < -0.39 is 0 Å². The molecule has 18 heavy (non-hydrogen) atoms. The van der Waals surface area contributed by atoms with Crippen molar-refractivity contribution >= 4 is 5.91 Å². The van der Waals surface area contributed by atoms with Crippen molar-refractivity contribution in [3.8, 4) is 0 Å². The molecule has 1 aliphatic heterocycles. The van der Waals surface area contributed by atoms with Gasteiger partial charge in [0.15, 0.2) is 0 Å². The minimum atomic E-state index is 0.181. The molecule has 1 unspecified atom stereocenters. The van der Waals surface area contributed by atoms with Gasteiger partial charge in [0.05, 0.1) is 0 Å². The molecule has 1 heterocycles. The number of aryl methyl sites for hydroxylation is 1. The zero-order valence-corrected chi connectivity index (χ0v) is 11.0. The molecule has 1 fully saturated rings. The van der Waals surface area contributed by atoms with Crippen molar-refractivity contribution in [2.24, 2.45) is 0 Å². The Labute approximate surface area is 109 Å². The van der Waals surface area contributed by atoms with Gasteiger partial charge >= 0.3 is 0 Å². The monoisotopic (exact) mass is 246 g/mol. The quantitative estimate of drug-likeness (QED) is 0.850. The van der Waals surface area contributed by atoms with Crippen molar-refractivity contribution in [1.82, 2.24) is 10.6 Å². The number of carbonyl (C=O) groups is 1. The first-order chi connectivity index (χ1) is 8.74. The molecule has 0 radical (unpaired) electrons. The molecule has 1 aromatic carbocycles. The molecule has 98 valence electrons. The summed E-state index contributed by atoms with van der Waals surface area (Å²) in [6, 6.07) is 8.95. The Bertz CT molecular complexity index is 403. The standard InChI is InChI=1S/C15H22N2O/c1-12-4-2-5-13(10-12)7-9-16-14-6-3-8-17-15(18)11-14/h2,4-5,10,14,16H,3,6-9,11H2,1H3,(H,17,18). The molecular weight excluding hydrogens is 224 g/mol. The van der Waals surface area contributed by atoms with E-state index in [2.05, 4.69) is 41.8 Å². The predicted octanol–water partition coefficient (Wildman–Crippen LogP) is 1.80. The fraction of sp³-hybridized carbons (Fsp3) is 0.533. The number of nitrogens with one attached hydrogen (secondary N) is 2. The summed E-state index contributed by atoms with van der Waals surface area (Å²) in [5, 5.41) is 6.41. The van der Waals surface area contributed by atoms with Crippen LogP contribution in [0, 0.1) is 6.92 Å². The first kappa shape index (κ1) is 13.1. The lowest BCUT2D eigenvalue weighted by atomic mass is 10.1. The third-order valence-electron chi connectivity index (χ3n) is 3.41. The van der Waals surface area contributed by atoms with Gasteiger partial charge in [-0.2, -0.15) is 0 Å². The summed E-state index contributed by atoms with van der Waals surface area (Å²) in [6.45, 7) is 3.89. The second-order valence-electron chi connectivity index (χ2n) is 5.09. The van der Waals surface area contributed by atoms with Crippen LogP contribution in [0.3, 0.4) is 0 Å². The van der Waals surface area contributed by atoms with Gasteiger partial charge in [-0.05, 0) is 38.3 Å². The van der Waals surface area contributed by atoms with Crippen LogP contribution in [0.25, 0.3) is 0 Å². The lowest BCUT2D eigenvalue weighted by molar-refractivity contribution is -0.121. The molecule has 0 bridgehead atoms. The van der Waals surface area contributed by atoms with Crippen LogP contribution in [-0.2, 0) is 11.2 Å². The molecule has 1 amide bonds. The summed E-state index contributed by atoms with van der Waals surface area (Å²) in [5.41, 5.74) is 2.67. The fourth-order valence-corrected chi connectivity index (χ4v) is 2.44. The van der Waals surface area contributed by atoms with E-state index >= 15 is 0 Å². The first-order valence-corrected chi connectivity index (χ1v) is 6.79. The van der Waals surface area contributed by atoms with E-state index in [-0.39, 0.29) is 5.91 Å². The Kier molecular flexibility index (Phi) is 4.76. The minimum absolute atomic E-state index is 0.181. The van der Waals surface area contributed by atoms with E-state index in [1.165, 1.54) is 11.1 Å².